The summed E-state index contributed by atoms with van der Waals surface area (Å²) in [7, 11) is 3.78. The van der Waals surface area contributed by atoms with E-state index in [4.69, 9.17) is 9.72 Å². The Kier molecular flexibility index (Phi) is 8.51. The first-order valence-corrected chi connectivity index (χ1v) is 13.6. The van der Waals surface area contributed by atoms with Gasteiger partial charge in [0.15, 0.2) is 5.60 Å². The number of hydrogen-bond acceptors (Lipinski definition) is 7. The molecule has 0 aliphatic carbocycles. The molecule has 1 aliphatic rings. The lowest BCUT2D eigenvalue weighted by molar-refractivity contribution is -0.145. The lowest BCUT2D eigenvalue weighted by atomic mass is 9.86. The molecule has 1 amide bonds. The highest BCUT2D eigenvalue weighted by Gasteiger charge is 2.41. The average Bonchev–Trinajstić information content (AvgIpc) is 3.28. The van der Waals surface area contributed by atoms with E-state index in [1.807, 2.05) is 50.2 Å². The van der Waals surface area contributed by atoms with E-state index in [1.165, 1.54) is 0 Å². The zero-order valence-corrected chi connectivity index (χ0v) is 23.5. The molecule has 0 radical (unpaired) electrons. The number of pyridine rings is 2. The topological polar surface area (TPSA) is 114 Å². The fraction of sp³-hybridized carbons (Fsp3) is 0.467. The van der Waals surface area contributed by atoms with Crippen LogP contribution in [0.3, 0.4) is 0 Å². The van der Waals surface area contributed by atoms with Crippen molar-refractivity contribution < 1.29 is 19.4 Å². The molecule has 0 spiro atoms. The Labute approximate surface area is 228 Å². The fourth-order valence-corrected chi connectivity index (χ4v) is 5.26. The summed E-state index contributed by atoms with van der Waals surface area (Å²) in [5.74, 6) is -1.04. The Bertz CT molecular complexity index is 1460. The summed E-state index contributed by atoms with van der Waals surface area (Å²) in [4.78, 5) is 46.5. The molecule has 3 heterocycles. The van der Waals surface area contributed by atoms with E-state index in [-0.39, 0.29) is 30.6 Å². The summed E-state index contributed by atoms with van der Waals surface area (Å²) in [5, 5.41) is 15.7. The van der Waals surface area contributed by atoms with Crippen LogP contribution in [0.5, 0.6) is 0 Å². The molecule has 3 aromatic rings. The number of likely N-dealkylation sites (N-methyl/N-ethyl adjacent to an activating group) is 1. The van der Waals surface area contributed by atoms with E-state index in [1.54, 1.807) is 17.6 Å². The predicted molar refractivity (Wildman–Crippen MR) is 150 cm³/mol. The maximum absolute atomic E-state index is 14.0. The Morgan fingerprint density at radius 1 is 1.18 bits per heavy atom. The number of nitrogens with one attached hydrogen (secondary N) is 1. The maximum atomic E-state index is 14.0. The molecule has 0 saturated carbocycles. The highest BCUT2D eigenvalue weighted by Crippen LogP contribution is 2.38. The lowest BCUT2D eigenvalue weighted by Gasteiger charge is -2.29. The quantitative estimate of drug-likeness (QED) is 0.284. The van der Waals surface area contributed by atoms with Crippen LogP contribution in [0.15, 0.2) is 35.1 Å². The molecule has 1 aromatic carbocycles. The molecule has 1 aliphatic heterocycles. The number of esters is 1. The van der Waals surface area contributed by atoms with Gasteiger partial charge in [0.05, 0.1) is 29.0 Å². The first-order valence-electron chi connectivity index (χ1n) is 13.6. The number of para-hydroxylation sites is 1. The minimum atomic E-state index is -2.00. The fourth-order valence-electron chi connectivity index (χ4n) is 5.26. The molecule has 208 valence electrons. The second-order valence-corrected chi connectivity index (χ2v) is 10.3. The van der Waals surface area contributed by atoms with Crippen LogP contribution in [0.25, 0.3) is 22.3 Å². The normalized spacial score (nSPS) is 13.7. The number of carbonyl (C=O) groups is 2. The number of rotatable bonds is 11. The number of ether oxygens (including phenoxy) is 1. The van der Waals surface area contributed by atoms with Crippen molar-refractivity contribution in [2.45, 2.75) is 65.2 Å². The molecule has 9 nitrogen and oxygen atoms in total. The molecule has 2 aromatic heterocycles. The molecular formula is C30H38N4O5. The molecule has 39 heavy (non-hydrogen) atoms. The van der Waals surface area contributed by atoms with Crippen LogP contribution in [0.4, 0.5) is 0 Å². The van der Waals surface area contributed by atoms with Crippen molar-refractivity contribution in [1.29, 1.82) is 0 Å². The van der Waals surface area contributed by atoms with Crippen molar-refractivity contribution in [3.8, 4) is 11.4 Å². The molecule has 0 unspecified atom stereocenters. The van der Waals surface area contributed by atoms with Gasteiger partial charge in [-0.25, -0.2) is 4.98 Å². The first kappa shape index (κ1) is 28.4. The highest BCUT2D eigenvalue weighted by atomic mass is 16.5. The summed E-state index contributed by atoms with van der Waals surface area (Å²) >= 11 is 0. The summed E-state index contributed by atoms with van der Waals surface area (Å²) < 4.78 is 7.06. The number of nitrogens with zero attached hydrogens (tertiary/aromatic N) is 3. The SMILES string of the molecule is CCCC(=O)OCc1c([C@@](O)(CC)C(=O)NCCN(C)C)cc2n(c1=O)Cc1c-2nc2ccccc2c1CC. The van der Waals surface area contributed by atoms with Gasteiger partial charge in [-0.2, -0.15) is 0 Å². The van der Waals surface area contributed by atoms with Gasteiger partial charge in [-0.1, -0.05) is 39.0 Å². The van der Waals surface area contributed by atoms with Gasteiger partial charge in [-0.3, -0.25) is 14.4 Å². The zero-order chi connectivity index (χ0) is 28.3. The highest BCUT2D eigenvalue weighted by molar-refractivity contribution is 5.89. The number of aliphatic hydroxyl groups is 1. The Hall–Kier alpha value is -3.56. The summed E-state index contributed by atoms with van der Waals surface area (Å²) in [6, 6.07) is 9.56. The molecule has 0 saturated heterocycles. The molecule has 9 heteroatoms. The van der Waals surface area contributed by atoms with Crippen LogP contribution in [-0.4, -0.2) is 58.6 Å². The average molecular weight is 535 g/mol. The Morgan fingerprint density at radius 3 is 2.59 bits per heavy atom. The molecule has 2 N–H and O–H groups in total. The number of aryl methyl sites for hydroxylation is 1. The first-order chi connectivity index (χ1) is 18.7. The van der Waals surface area contributed by atoms with Crippen LogP contribution in [0, 0.1) is 0 Å². The van der Waals surface area contributed by atoms with Gasteiger partial charge in [0.1, 0.15) is 6.61 Å². The maximum Gasteiger partial charge on any atom is 0.306 e. The second kappa shape index (κ2) is 11.7. The molecular weight excluding hydrogens is 496 g/mol. The van der Waals surface area contributed by atoms with Crippen LogP contribution in [-0.2, 0) is 39.5 Å². The predicted octanol–water partition coefficient (Wildman–Crippen LogP) is 3.11. The van der Waals surface area contributed by atoms with E-state index < -0.39 is 23.0 Å². The standard InChI is InChI=1S/C30H38N4O5/c1-6-11-26(35)39-18-22-23(30(38,8-3)29(37)31-14-15-33(4)5)16-25-27-21(17-34(25)28(22)36)19(7-2)20-12-9-10-13-24(20)32-27/h9-10,12-13,16,38H,6-8,11,14-15,17-18H2,1-5H3,(H,31,37)/t30-/m0/s1. The second-order valence-electron chi connectivity index (χ2n) is 10.3. The number of amides is 1. The third-order valence-corrected chi connectivity index (χ3v) is 7.43. The Balaban J connectivity index is 1.89. The molecule has 1 atom stereocenters. The summed E-state index contributed by atoms with van der Waals surface area (Å²) in [5.41, 5.74) is 1.95. The Morgan fingerprint density at radius 2 is 1.92 bits per heavy atom. The lowest BCUT2D eigenvalue weighted by Crippen LogP contribution is -2.47. The number of carbonyl (C=O) groups excluding carboxylic acids is 2. The molecule has 0 bridgehead atoms. The van der Waals surface area contributed by atoms with Crippen molar-refractivity contribution >= 4 is 22.8 Å². The van der Waals surface area contributed by atoms with Crippen molar-refractivity contribution in [3.05, 3.63) is 62.9 Å². The third kappa shape index (κ3) is 5.33. The number of hydrogen-bond donors (Lipinski definition) is 2. The summed E-state index contributed by atoms with van der Waals surface area (Å²) in [6.45, 7) is 6.54. The molecule has 4 rings (SSSR count). The monoisotopic (exact) mass is 534 g/mol. The number of benzene rings is 1. The van der Waals surface area contributed by atoms with E-state index in [9.17, 15) is 19.5 Å². The van der Waals surface area contributed by atoms with Crippen molar-refractivity contribution in [2.24, 2.45) is 0 Å². The van der Waals surface area contributed by atoms with Gasteiger partial charge < -0.3 is 24.6 Å². The summed E-state index contributed by atoms with van der Waals surface area (Å²) in [6.07, 6.45) is 1.61. The zero-order valence-electron chi connectivity index (χ0n) is 23.5. The van der Waals surface area contributed by atoms with E-state index in [0.717, 1.165) is 28.5 Å². The minimum absolute atomic E-state index is 0.0256. The van der Waals surface area contributed by atoms with Gasteiger partial charge in [0.2, 0.25) is 0 Å². The number of aromatic nitrogens is 2. The smallest absolute Gasteiger partial charge is 0.306 e. The van der Waals surface area contributed by atoms with Crippen molar-refractivity contribution in [2.75, 3.05) is 27.2 Å². The van der Waals surface area contributed by atoms with Crippen molar-refractivity contribution in [3.63, 3.8) is 0 Å². The van der Waals surface area contributed by atoms with Gasteiger partial charge in [-0.15, -0.1) is 0 Å². The van der Waals surface area contributed by atoms with Gasteiger partial charge in [0.25, 0.3) is 11.5 Å². The molecule has 0 fully saturated rings. The van der Waals surface area contributed by atoms with E-state index in [2.05, 4.69) is 12.2 Å². The largest absolute Gasteiger partial charge is 0.461 e. The van der Waals surface area contributed by atoms with Gasteiger partial charge in [0, 0.05) is 36.0 Å². The van der Waals surface area contributed by atoms with E-state index in [0.29, 0.717) is 37.4 Å². The van der Waals surface area contributed by atoms with Crippen LogP contribution >= 0.6 is 0 Å². The van der Waals surface area contributed by atoms with Crippen LogP contribution in [0.1, 0.15) is 62.3 Å². The van der Waals surface area contributed by atoms with E-state index >= 15 is 0 Å². The van der Waals surface area contributed by atoms with Crippen LogP contribution in [0.2, 0.25) is 0 Å². The van der Waals surface area contributed by atoms with Gasteiger partial charge in [-0.05, 0) is 51.1 Å². The minimum Gasteiger partial charge on any atom is -0.461 e. The van der Waals surface area contributed by atoms with Gasteiger partial charge >= 0.3 is 5.97 Å². The van der Waals surface area contributed by atoms with Crippen molar-refractivity contribution in [1.82, 2.24) is 19.8 Å². The third-order valence-electron chi connectivity index (χ3n) is 7.43. The number of fused-ring (bicyclic) bond motifs is 4. The van der Waals surface area contributed by atoms with Crippen LogP contribution < -0.4 is 10.9 Å².